The van der Waals surface area contributed by atoms with Crippen LogP contribution >= 0.6 is 27.5 Å². The van der Waals surface area contributed by atoms with Crippen LogP contribution in [-0.4, -0.2) is 35.9 Å². The minimum Gasteiger partial charge on any atom is -0.482 e. The summed E-state index contributed by atoms with van der Waals surface area (Å²) in [7, 11) is 0. The third kappa shape index (κ3) is 7.03. The van der Waals surface area contributed by atoms with Crippen LogP contribution in [0.25, 0.3) is 0 Å². The van der Waals surface area contributed by atoms with Gasteiger partial charge in [0, 0.05) is 17.6 Å². The molecule has 0 aliphatic rings. The molecule has 0 saturated heterocycles. The maximum absolute atomic E-state index is 13.1. The number of nitrogens with one attached hydrogen (secondary N) is 1. The molecule has 2 rings (SSSR count). The highest BCUT2D eigenvalue weighted by atomic mass is 79.9. The first-order chi connectivity index (χ1) is 14.3. The highest BCUT2D eigenvalue weighted by Gasteiger charge is 2.26. The fraction of sp³-hybridized carbons (Fsp3) is 0.391. The molecule has 0 heterocycles. The van der Waals surface area contributed by atoms with Gasteiger partial charge in [-0.15, -0.1) is 0 Å². The van der Waals surface area contributed by atoms with Crippen LogP contribution in [-0.2, 0) is 16.1 Å². The number of halogens is 2. The smallest absolute Gasteiger partial charge is 0.261 e. The molecule has 0 radical (unpaired) electrons. The van der Waals surface area contributed by atoms with E-state index < -0.39 is 6.04 Å². The first-order valence-corrected chi connectivity index (χ1v) is 11.2. The van der Waals surface area contributed by atoms with Gasteiger partial charge in [-0.25, -0.2) is 0 Å². The fourth-order valence-corrected chi connectivity index (χ4v) is 3.63. The van der Waals surface area contributed by atoms with Gasteiger partial charge in [-0.05, 0) is 49.6 Å². The molecule has 0 saturated carbocycles. The average Bonchev–Trinajstić information content (AvgIpc) is 2.72. The van der Waals surface area contributed by atoms with E-state index in [1.54, 1.807) is 30.0 Å². The van der Waals surface area contributed by atoms with Crippen LogP contribution in [0.1, 0.15) is 37.8 Å². The maximum Gasteiger partial charge on any atom is 0.261 e. The summed E-state index contributed by atoms with van der Waals surface area (Å²) in [6.45, 7) is 6.50. The van der Waals surface area contributed by atoms with Crippen molar-refractivity contribution in [2.45, 2.75) is 46.2 Å². The summed E-state index contributed by atoms with van der Waals surface area (Å²) in [5.74, 6) is -0.0356. The number of rotatable bonds is 10. The van der Waals surface area contributed by atoms with Crippen LogP contribution in [0.3, 0.4) is 0 Å². The van der Waals surface area contributed by atoms with Crippen LogP contribution in [0.15, 0.2) is 46.9 Å². The second kappa shape index (κ2) is 12.0. The molecule has 0 aliphatic carbocycles. The fourth-order valence-electron chi connectivity index (χ4n) is 2.90. The Morgan fingerprint density at radius 2 is 1.97 bits per heavy atom. The quantitative estimate of drug-likeness (QED) is 0.465. The molecule has 30 heavy (non-hydrogen) atoms. The van der Waals surface area contributed by atoms with Gasteiger partial charge in [0.1, 0.15) is 11.8 Å². The van der Waals surface area contributed by atoms with Crippen molar-refractivity contribution in [2.24, 2.45) is 0 Å². The molecule has 0 fully saturated rings. The Kier molecular flexibility index (Phi) is 9.66. The first-order valence-electron chi connectivity index (χ1n) is 10.0. The Morgan fingerprint density at radius 3 is 2.63 bits per heavy atom. The molecule has 2 aromatic carbocycles. The Morgan fingerprint density at radius 1 is 1.23 bits per heavy atom. The zero-order valence-corrected chi connectivity index (χ0v) is 19.9. The number of hydrogen-bond acceptors (Lipinski definition) is 3. The molecule has 162 valence electrons. The monoisotopic (exact) mass is 494 g/mol. The zero-order valence-electron chi connectivity index (χ0n) is 17.6. The molecule has 2 aromatic rings. The topological polar surface area (TPSA) is 58.6 Å². The lowest BCUT2D eigenvalue weighted by Gasteiger charge is -2.29. The van der Waals surface area contributed by atoms with E-state index in [4.69, 9.17) is 16.3 Å². The predicted octanol–water partition coefficient (Wildman–Crippen LogP) is 5.12. The van der Waals surface area contributed by atoms with Gasteiger partial charge < -0.3 is 15.0 Å². The van der Waals surface area contributed by atoms with Gasteiger partial charge in [0.2, 0.25) is 5.91 Å². The van der Waals surface area contributed by atoms with Crippen molar-refractivity contribution >= 4 is 39.3 Å². The number of hydrogen-bond donors (Lipinski definition) is 1. The molecule has 0 aromatic heterocycles. The average molecular weight is 496 g/mol. The summed E-state index contributed by atoms with van der Waals surface area (Å²) in [6.07, 6.45) is 1.89. The van der Waals surface area contributed by atoms with Crippen molar-refractivity contribution < 1.29 is 14.3 Å². The molecule has 0 unspecified atom stereocenters. The van der Waals surface area contributed by atoms with E-state index in [1.807, 2.05) is 31.2 Å². The van der Waals surface area contributed by atoms with Crippen molar-refractivity contribution in [1.82, 2.24) is 10.2 Å². The van der Waals surface area contributed by atoms with E-state index in [1.165, 1.54) is 0 Å². The third-order valence-corrected chi connectivity index (χ3v) is 5.63. The van der Waals surface area contributed by atoms with Gasteiger partial charge in [0.05, 0.1) is 5.02 Å². The summed E-state index contributed by atoms with van der Waals surface area (Å²) < 4.78 is 6.48. The zero-order chi connectivity index (χ0) is 22.1. The van der Waals surface area contributed by atoms with Crippen LogP contribution in [0, 0.1) is 6.92 Å². The largest absolute Gasteiger partial charge is 0.482 e. The van der Waals surface area contributed by atoms with E-state index >= 15 is 0 Å². The van der Waals surface area contributed by atoms with Crippen LogP contribution in [0.4, 0.5) is 0 Å². The number of nitrogens with zero attached hydrogens (tertiary/aromatic N) is 1. The van der Waals surface area contributed by atoms with Crippen molar-refractivity contribution in [3.05, 3.63) is 63.1 Å². The lowest BCUT2D eigenvalue weighted by atomic mass is 10.1. The van der Waals surface area contributed by atoms with E-state index in [2.05, 4.69) is 28.2 Å². The van der Waals surface area contributed by atoms with Gasteiger partial charge in [0.25, 0.3) is 5.91 Å². The van der Waals surface area contributed by atoms with E-state index in [0.29, 0.717) is 23.9 Å². The Bertz CT molecular complexity index is 875. The Balaban J connectivity index is 2.15. The molecule has 7 heteroatoms. The number of carbonyl (C=O) groups excluding carboxylic acids is 2. The molecule has 1 atom stereocenters. The predicted molar refractivity (Wildman–Crippen MR) is 124 cm³/mol. The number of benzene rings is 2. The van der Waals surface area contributed by atoms with E-state index in [0.717, 1.165) is 28.4 Å². The normalized spacial score (nSPS) is 11.6. The number of unbranched alkanes of at least 4 members (excludes halogenated alkanes) is 1. The second-order valence-corrected chi connectivity index (χ2v) is 8.45. The van der Waals surface area contributed by atoms with Crippen molar-refractivity contribution in [3.63, 3.8) is 0 Å². The molecular formula is C23H28BrClN2O3. The van der Waals surface area contributed by atoms with Gasteiger partial charge >= 0.3 is 0 Å². The highest BCUT2D eigenvalue weighted by Crippen LogP contribution is 2.27. The Labute approximate surface area is 191 Å². The van der Waals surface area contributed by atoms with Gasteiger partial charge in [0.15, 0.2) is 6.61 Å². The minimum atomic E-state index is -0.627. The lowest BCUT2D eigenvalue weighted by molar-refractivity contribution is -0.142. The molecule has 1 N–H and O–H groups in total. The standard InChI is InChI=1S/C23H28BrClN2O3/c1-4-5-12-26-23(29)17(3)27(14-18-9-7-6-8-16(18)2)22(28)15-30-21-11-10-19(24)13-20(21)25/h6-11,13,17H,4-5,12,14-15H2,1-3H3,(H,26,29)/t17-/m1/s1. The van der Waals surface area contributed by atoms with Crippen molar-refractivity contribution in [3.8, 4) is 5.75 Å². The number of ether oxygens (including phenoxy) is 1. The van der Waals surface area contributed by atoms with Gasteiger partial charge in [-0.1, -0.05) is 65.1 Å². The molecule has 0 spiro atoms. The molecular weight excluding hydrogens is 468 g/mol. The van der Waals surface area contributed by atoms with E-state index in [-0.39, 0.29) is 18.4 Å². The molecule has 0 bridgehead atoms. The second-order valence-electron chi connectivity index (χ2n) is 7.13. The number of aryl methyl sites for hydroxylation is 1. The van der Waals surface area contributed by atoms with Crippen LogP contribution < -0.4 is 10.1 Å². The maximum atomic E-state index is 13.1. The SMILES string of the molecule is CCCCNC(=O)[C@@H](C)N(Cc1ccccc1C)C(=O)COc1ccc(Br)cc1Cl. The number of amides is 2. The Hall–Kier alpha value is -2.05. The van der Waals surface area contributed by atoms with Gasteiger partial charge in [-0.2, -0.15) is 0 Å². The van der Waals surface area contributed by atoms with Crippen LogP contribution in [0.2, 0.25) is 5.02 Å². The summed E-state index contributed by atoms with van der Waals surface area (Å²) in [6, 6.07) is 12.4. The summed E-state index contributed by atoms with van der Waals surface area (Å²) in [4.78, 5) is 27.2. The highest BCUT2D eigenvalue weighted by molar-refractivity contribution is 9.10. The van der Waals surface area contributed by atoms with Crippen molar-refractivity contribution in [2.75, 3.05) is 13.2 Å². The van der Waals surface area contributed by atoms with Gasteiger partial charge in [-0.3, -0.25) is 9.59 Å². The molecule has 0 aliphatic heterocycles. The molecule has 2 amide bonds. The van der Waals surface area contributed by atoms with Crippen molar-refractivity contribution in [1.29, 1.82) is 0 Å². The minimum absolute atomic E-state index is 0.174. The summed E-state index contributed by atoms with van der Waals surface area (Å²) in [5, 5.41) is 3.32. The first kappa shape index (κ1) is 24.2. The molecule has 5 nitrogen and oxygen atoms in total. The summed E-state index contributed by atoms with van der Waals surface area (Å²) in [5.41, 5.74) is 2.05. The summed E-state index contributed by atoms with van der Waals surface area (Å²) >= 11 is 9.53. The third-order valence-electron chi connectivity index (χ3n) is 4.84. The number of carbonyl (C=O) groups is 2. The van der Waals surface area contributed by atoms with E-state index in [9.17, 15) is 9.59 Å². The van der Waals surface area contributed by atoms with Crippen LogP contribution in [0.5, 0.6) is 5.75 Å². The lowest BCUT2D eigenvalue weighted by Crippen LogP contribution is -2.49.